The quantitative estimate of drug-likeness (QED) is 0.924. The summed E-state index contributed by atoms with van der Waals surface area (Å²) < 4.78 is 0. The molecule has 0 unspecified atom stereocenters. The molecule has 2 aromatic heterocycles. The van der Waals surface area contributed by atoms with Crippen LogP contribution in [0.3, 0.4) is 0 Å². The van der Waals surface area contributed by atoms with Crippen molar-refractivity contribution in [2.75, 3.05) is 5.32 Å². The third-order valence-corrected chi connectivity index (χ3v) is 4.81. The molecule has 0 fully saturated rings. The van der Waals surface area contributed by atoms with E-state index in [1.54, 1.807) is 13.1 Å². The van der Waals surface area contributed by atoms with Gasteiger partial charge in [-0.25, -0.2) is 4.98 Å². The van der Waals surface area contributed by atoms with E-state index in [1.807, 2.05) is 0 Å². The van der Waals surface area contributed by atoms with Crippen LogP contribution in [0.5, 0.6) is 0 Å². The lowest BCUT2D eigenvalue weighted by atomic mass is 9.96. The van der Waals surface area contributed by atoms with Gasteiger partial charge in [0.2, 0.25) is 0 Å². The Labute approximate surface area is 126 Å². The minimum absolute atomic E-state index is 0.299. The van der Waals surface area contributed by atoms with Crippen LogP contribution in [-0.4, -0.2) is 15.9 Å². The number of aryl methyl sites for hydroxylation is 2. The Hall–Kier alpha value is -2.26. The summed E-state index contributed by atoms with van der Waals surface area (Å²) in [5.41, 5.74) is 2.60. The molecule has 0 bridgehead atoms. The second kappa shape index (κ2) is 5.62. The van der Waals surface area contributed by atoms with Gasteiger partial charge in [0.1, 0.15) is 16.8 Å². The van der Waals surface area contributed by atoms with Gasteiger partial charge in [0.15, 0.2) is 0 Å². The highest BCUT2D eigenvalue weighted by atomic mass is 32.1. The maximum Gasteiger partial charge on any atom is 0.276 e. The van der Waals surface area contributed by atoms with Crippen LogP contribution in [0.2, 0.25) is 0 Å². The van der Waals surface area contributed by atoms with E-state index in [4.69, 9.17) is 0 Å². The fraction of sp³-hybridized carbons (Fsp3) is 0.333. The Kier molecular flexibility index (Phi) is 3.67. The van der Waals surface area contributed by atoms with Gasteiger partial charge in [-0.2, -0.15) is 5.26 Å². The third-order valence-electron chi connectivity index (χ3n) is 3.61. The van der Waals surface area contributed by atoms with Crippen LogP contribution in [0.25, 0.3) is 0 Å². The number of anilines is 1. The smallest absolute Gasteiger partial charge is 0.276 e. The highest BCUT2D eigenvalue weighted by Gasteiger charge is 2.22. The molecule has 0 aromatic carbocycles. The second-order valence-electron chi connectivity index (χ2n) is 4.97. The number of hydrogen-bond acceptors (Lipinski definition) is 5. The van der Waals surface area contributed by atoms with E-state index in [-0.39, 0.29) is 5.91 Å². The van der Waals surface area contributed by atoms with Gasteiger partial charge in [0.05, 0.1) is 11.3 Å². The minimum atomic E-state index is -0.310. The standard InChI is InChI=1S/C15H14N4OS/c1-9-13(18-7-6-17-9)14(20)19-15-11(8-16)10-4-2-3-5-12(10)21-15/h6-7H,2-5H2,1H3,(H,19,20). The lowest BCUT2D eigenvalue weighted by Gasteiger charge is -2.09. The van der Waals surface area contributed by atoms with Crippen LogP contribution in [0, 0.1) is 18.3 Å². The summed E-state index contributed by atoms with van der Waals surface area (Å²) in [4.78, 5) is 21.6. The van der Waals surface area contributed by atoms with Crippen molar-refractivity contribution in [2.45, 2.75) is 32.6 Å². The van der Waals surface area contributed by atoms with Gasteiger partial charge >= 0.3 is 0 Å². The van der Waals surface area contributed by atoms with E-state index >= 15 is 0 Å². The van der Waals surface area contributed by atoms with E-state index in [0.29, 0.717) is 22.0 Å². The van der Waals surface area contributed by atoms with Crippen LogP contribution in [0.4, 0.5) is 5.00 Å². The highest BCUT2D eigenvalue weighted by Crippen LogP contribution is 2.37. The predicted octanol–water partition coefficient (Wildman–Crippen LogP) is 2.85. The number of amides is 1. The summed E-state index contributed by atoms with van der Waals surface area (Å²) in [7, 11) is 0. The SMILES string of the molecule is Cc1nccnc1C(=O)Nc1sc2c(c1C#N)CCCC2. The normalized spacial score (nSPS) is 13.3. The Morgan fingerprint density at radius 3 is 2.86 bits per heavy atom. The largest absolute Gasteiger partial charge is 0.311 e. The maximum atomic E-state index is 12.3. The van der Waals surface area contributed by atoms with Gasteiger partial charge in [-0.3, -0.25) is 9.78 Å². The number of fused-ring (bicyclic) bond motifs is 1. The molecule has 0 spiro atoms. The molecule has 106 valence electrons. The van der Waals surface area contributed by atoms with E-state index in [2.05, 4.69) is 21.4 Å². The van der Waals surface area contributed by atoms with Crippen LogP contribution in [-0.2, 0) is 12.8 Å². The fourth-order valence-electron chi connectivity index (χ4n) is 2.57. The molecule has 0 atom stereocenters. The summed E-state index contributed by atoms with van der Waals surface area (Å²) >= 11 is 1.51. The molecule has 5 nitrogen and oxygen atoms in total. The zero-order chi connectivity index (χ0) is 14.8. The summed E-state index contributed by atoms with van der Waals surface area (Å²) in [5.74, 6) is -0.310. The lowest BCUT2D eigenvalue weighted by molar-refractivity contribution is 0.102. The van der Waals surface area contributed by atoms with Gasteiger partial charge in [0, 0.05) is 17.3 Å². The Balaban J connectivity index is 1.92. The zero-order valence-corrected chi connectivity index (χ0v) is 12.5. The number of nitrogens with one attached hydrogen (secondary N) is 1. The molecule has 0 saturated carbocycles. The molecule has 0 aliphatic heterocycles. The number of nitriles is 1. The number of rotatable bonds is 2. The number of carbonyl (C=O) groups is 1. The van der Waals surface area contributed by atoms with Crippen molar-refractivity contribution < 1.29 is 4.79 Å². The molecule has 1 amide bonds. The molecule has 2 aromatic rings. The van der Waals surface area contributed by atoms with Crippen LogP contribution in [0.1, 0.15) is 45.0 Å². The van der Waals surface area contributed by atoms with Crippen LogP contribution in [0.15, 0.2) is 12.4 Å². The highest BCUT2D eigenvalue weighted by molar-refractivity contribution is 7.16. The fourth-order valence-corrected chi connectivity index (χ4v) is 3.80. The van der Waals surface area contributed by atoms with Crippen molar-refractivity contribution in [1.82, 2.24) is 9.97 Å². The van der Waals surface area contributed by atoms with Crippen molar-refractivity contribution in [1.29, 1.82) is 5.26 Å². The molecule has 2 heterocycles. The number of carbonyl (C=O) groups excluding carboxylic acids is 1. The topological polar surface area (TPSA) is 78.7 Å². The lowest BCUT2D eigenvalue weighted by Crippen LogP contribution is -2.15. The third kappa shape index (κ3) is 2.52. The van der Waals surface area contributed by atoms with Crippen LogP contribution >= 0.6 is 11.3 Å². The van der Waals surface area contributed by atoms with E-state index in [9.17, 15) is 10.1 Å². The number of hydrogen-bond donors (Lipinski definition) is 1. The predicted molar refractivity (Wildman–Crippen MR) is 80.4 cm³/mol. The summed E-state index contributed by atoms with van der Waals surface area (Å²) in [6, 6.07) is 2.23. The first-order valence-electron chi connectivity index (χ1n) is 6.84. The van der Waals surface area contributed by atoms with Gasteiger partial charge < -0.3 is 5.32 Å². The second-order valence-corrected chi connectivity index (χ2v) is 6.08. The van der Waals surface area contributed by atoms with E-state index < -0.39 is 0 Å². The molecule has 6 heteroatoms. The Bertz CT molecular complexity index is 745. The molecule has 21 heavy (non-hydrogen) atoms. The van der Waals surface area contributed by atoms with Crippen molar-refractivity contribution in [3.63, 3.8) is 0 Å². The molecule has 0 saturated heterocycles. The molecular formula is C15H14N4OS. The molecule has 3 rings (SSSR count). The monoisotopic (exact) mass is 298 g/mol. The van der Waals surface area contributed by atoms with Crippen molar-refractivity contribution in [3.8, 4) is 6.07 Å². The minimum Gasteiger partial charge on any atom is -0.311 e. The van der Waals surface area contributed by atoms with Crippen molar-refractivity contribution in [3.05, 3.63) is 39.8 Å². The average Bonchev–Trinajstić information content (AvgIpc) is 2.84. The Morgan fingerprint density at radius 1 is 1.33 bits per heavy atom. The molecule has 0 radical (unpaired) electrons. The molecular weight excluding hydrogens is 284 g/mol. The van der Waals surface area contributed by atoms with E-state index in [1.165, 1.54) is 22.4 Å². The molecule has 1 N–H and O–H groups in total. The number of aromatic nitrogens is 2. The first-order chi connectivity index (χ1) is 10.2. The van der Waals surface area contributed by atoms with Gasteiger partial charge in [-0.15, -0.1) is 11.3 Å². The van der Waals surface area contributed by atoms with E-state index in [0.717, 1.165) is 31.2 Å². The zero-order valence-electron chi connectivity index (χ0n) is 11.6. The number of nitrogens with zero attached hydrogens (tertiary/aromatic N) is 3. The first kappa shape index (κ1) is 13.7. The van der Waals surface area contributed by atoms with Gasteiger partial charge in [-0.1, -0.05) is 0 Å². The first-order valence-corrected chi connectivity index (χ1v) is 7.66. The van der Waals surface area contributed by atoms with Gasteiger partial charge in [-0.05, 0) is 38.2 Å². The Morgan fingerprint density at radius 2 is 2.10 bits per heavy atom. The molecule has 1 aliphatic rings. The van der Waals surface area contributed by atoms with Crippen molar-refractivity contribution >= 4 is 22.2 Å². The van der Waals surface area contributed by atoms with Gasteiger partial charge in [0.25, 0.3) is 5.91 Å². The number of thiophene rings is 1. The van der Waals surface area contributed by atoms with Crippen LogP contribution < -0.4 is 5.32 Å². The summed E-state index contributed by atoms with van der Waals surface area (Å²) in [5, 5.41) is 12.8. The molecule has 1 aliphatic carbocycles. The maximum absolute atomic E-state index is 12.3. The summed E-state index contributed by atoms with van der Waals surface area (Å²) in [6.07, 6.45) is 7.22. The van der Waals surface area contributed by atoms with Crippen molar-refractivity contribution in [2.24, 2.45) is 0 Å². The summed E-state index contributed by atoms with van der Waals surface area (Å²) in [6.45, 7) is 1.74. The average molecular weight is 298 g/mol.